The molecule has 1 aromatic heterocycles. The maximum Gasteiger partial charge on any atom is 0.129 e. The minimum absolute atomic E-state index is 0.467. The van der Waals surface area contributed by atoms with Crippen LogP contribution < -0.4 is 10.2 Å². The predicted octanol–water partition coefficient (Wildman–Crippen LogP) is 2.11. The highest BCUT2D eigenvalue weighted by atomic mass is 15.2. The fourth-order valence-electron chi connectivity index (χ4n) is 2.60. The largest absolute Gasteiger partial charge is 0.353 e. The Morgan fingerprint density at radius 1 is 1.40 bits per heavy atom. The lowest BCUT2D eigenvalue weighted by Gasteiger charge is -2.31. The highest BCUT2D eigenvalue weighted by Crippen LogP contribution is 2.20. The van der Waals surface area contributed by atoms with Crippen molar-refractivity contribution in [2.45, 2.75) is 45.3 Å². The highest BCUT2D eigenvalue weighted by molar-refractivity contribution is 5.42. The summed E-state index contributed by atoms with van der Waals surface area (Å²) < 4.78 is 0. The Balaban J connectivity index is 2.01. The second kappa shape index (κ2) is 7.04. The summed E-state index contributed by atoms with van der Waals surface area (Å²) in [5.41, 5.74) is 1.33. The zero-order valence-corrected chi connectivity index (χ0v) is 13.3. The Kier molecular flexibility index (Phi) is 5.38. The molecule has 0 radical (unpaired) electrons. The third-order valence-electron chi connectivity index (χ3n) is 3.78. The fourth-order valence-corrected chi connectivity index (χ4v) is 2.60. The third kappa shape index (κ3) is 4.46. The first-order chi connectivity index (χ1) is 9.60. The van der Waals surface area contributed by atoms with Gasteiger partial charge >= 0.3 is 0 Å². The van der Waals surface area contributed by atoms with Crippen molar-refractivity contribution in [1.82, 2.24) is 15.2 Å². The van der Waals surface area contributed by atoms with Crippen LogP contribution in [0.25, 0.3) is 0 Å². The van der Waals surface area contributed by atoms with E-state index >= 15 is 0 Å². The first-order valence-electron chi connectivity index (χ1n) is 7.69. The molecule has 1 unspecified atom stereocenters. The summed E-state index contributed by atoms with van der Waals surface area (Å²) >= 11 is 0. The van der Waals surface area contributed by atoms with Crippen molar-refractivity contribution in [2.24, 2.45) is 0 Å². The Hall–Kier alpha value is -1.13. The normalized spacial score (nSPS) is 16.4. The van der Waals surface area contributed by atoms with E-state index in [1.807, 2.05) is 6.20 Å². The minimum atomic E-state index is 0.467. The average molecular weight is 276 g/mol. The molecule has 0 spiro atoms. The van der Waals surface area contributed by atoms with E-state index in [1.165, 1.54) is 18.4 Å². The molecule has 1 heterocycles. The van der Waals surface area contributed by atoms with Crippen molar-refractivity contribution in [3.8, 4) is 0 Å². The number of pyridine rings is 1. The van der Waals surface area contributed by atoms with Crippen molar-refractivity contribution >= 4 is 5.82 Å². The van der Waals surface area contributed by atoms with Crippen LogP contribution >= 0.6 is 0 Å². The van der Waals surface area contributed by atoms with Gasteiger partial charge in [0, 0.05) is 37.9 Å². The second-order valence-corrected chi connectivity index (χ2v) is 6.07. The maximum absolute atomic E-state index is 4.56. The summed E-state index contributed by atoms with van der Waals surface area (Å²) in [6.07, 6.45) is 4.60. The topological polar surface area (TPSA) is 31.4 Å². The monoisotopic (exact) mass is 276 g/mol. The first kappa shape index (κ1) is 15.3. The number of nitrogens with zero attached hydrogens (tertiary/aromatic N) is 3. The Morgan fingerprint density at radius 2 is 2.15 bits per heavy atom. The molecule has 20 heavy (non-hydrogen) atoms. The van der Waals surface area contributed by atoms with Gasteiger partial charge in [0.05, 0.1) is 0 Å². The van der Waals surface area contributed by atoms with Crippen LogP contribution in [0.2, 0.25) is 0 Å². The SMILES string of the molecule is CCN(c1cc(CNC2CC2)ccn1)C(C)CN(C)C. The summed E-state index contributed by atoms with van der Waals surface area (Å²) in [6, 6.07) is 5.56. The number of hydrogen-bond acceptors (Lipinski definition) is 4. The summed E-state index contributed by atoms with van der Waals surface area (Å²) in [7, 11) is 4.24. The molecule has 0 amide bonds. The lowest BCUT2D eigenvalue weighted by Crippen LogP contribution is -2.40. The minimum Gasteiger partial charge on any atom is -0.353 e. The van der Waals surface area contributed by atoms with Crippen LogP contribution in [0.5, 0.6) is 0 Å². The second-order valence-electron chi connectivity index (χ2n) is 6.07. The Morgan fingerprint density at radius 3 is 2.75 bits per heavy atom. The third-order valence-corrected chi connectivity index (χ3v) is 3.78. The predicted molar refractivity (Wildman–Crippen MR) is 85.1 cm³/mol. The van der Waals surface area contributed by atoms with Crippen LogP contribution in [0.1, 0.15) is 32.3 Å². The number of hydrogen-bond donors (Lipinski definition) is 1. The van der Waals surface area contributed by atoms with E-state index in [0.29, 0.717) is 6.04 Å². The van der Waals surface area contributed by atoms with Crippen LogP contribution in [0.4, 0.5) is 5.82 Å². The zero-order chi connectivity index (χ0) is 14.5. The smallest absolute Gasteiger partial charge is 0.129 e. The molecule has 0 aromatic carbocycles. The van der Waals surface area contributed by atoms with Gasteiger partial charge in [-0.3, -0.25) is 0 Å². The standard InChI is InChI=1S/C16H28N4/c1-5-20(13(2)12-19(3)4)16-10-14(8-9-17-16)11-18-15-6-7-15/h8-10,13,15,18H,5-7,11-12H2,1-4H3. The van der Waals surface area contributed by atoms with Gasteiger partial charge in [-0.15, -0.1) is 0 Å². The lowest BCUT2D eigenvalue weighted by molar-refractivity contribution is 0.372. The molecule has 0 bridgehead atoms. The quantitative estimate of drug-likeness (QED) is 0.788. The summed E-state index contributed by atoms with van der Waals surface area (Å²) in [4.78, 5) is 9.16. The number of nitrogens with one attached hydrogen (secondary N) is 1. The molecule has 1 aromatic rings. The Labute approximate surface area is 123 Å². The van der Waals surface area contributed by atoms with E-state index in [2.05, 4.69) is 60.2 Å². The van der Waals surface area contributed by atoms with E-state index in [0.717, 1.165) is 31.5 Å². The van der Waals surface area contributed by atoms with Gasteiger partial charge in [0.2, 0.25) is 0 Å². The number of rotatable bonds is 8. The van der Waals surface area contributed by atoms with Crippen molar-refractivity contribution in [2.75, 3.05) is 32.1 Å². The fraction of sp³-hybridized carbons (Fsp3) is 0.688. The van der Waals surface area contributed by atoms with Gasteiger partial charge in [-0.2, -0.15) is 0 Å². The highest BCUT2D eigenvalue weighted by Gasteiger charge is 2.20. The number of anilines is 1. The molecule has 112 valence electrons. The van der Waals surface area contributed by atoms with Crippen molar-refractivity contribution in [1.29, 1.82) is 0 Å². The molecule has 1 N–H and O–H groups in total. The molecule has 1 aliphatic carbocycles. The van der Waals surface area contributed by atoms with Crippen LogP contribution in [0, 0.1) is 0 Å². The van der Waals surface area contributed by atoms with Crippen molar-refractivity contribution in [3.05, 3.63) is 23.9 Å². The lowest BCUT2D eigenvalue weighted by atomic mass is 10.2. The molecule has 4 nitrogen and oxygen atoms in total. The van der Waals surface area contributed by atoms with Gasteiger partial charge in [-0.25, -0.2) is 4.98 Å². The van der Waals surface area contributed by atoms with Crippen molar-refractivity contribution in [3.63, 3.8) is 0 Å². The summed E-state index contributed by atoms with van der Waals surface area (Å²) in [6.45, 7) is 7.45. The molecule has 2 rings (SSSR count). The summed E-state index contributed by atoms with van der Waals surface area (Å²) in [5.74, 6) is 1.09. The van der Waals surface area contributed by atoms with Crippen LogP contribution in [0.15, 0.2) is 18.3 Å². The molecule has 0 saturated heterocycles. The number of likely N-dealkylation sites (N-methyl/N-ethyl adjacent to an activating group) is 2. The molecule has 0 aliphatic heterocycles. The Bertz CT molecular complexity index is 415. The van der Waals surface area contributed by atoms with Gasteiger partial charge < -0.3 is 15.1 Å². The van der Waals surface area contributed by atoms with E-state index < -0.39 is 0 Å². The average Bonchev–Trinajstić information content (AvgIpc) is 3.21. The molecule has 1 fully saturated rings. The molecule has 1 atom stereocenters. The molecule has 4 heteroatoms. The first-order valence-corrected chi connectivity index (χ1v) is 7.69. The molecular formula is C16H28N4. The van der Waals surface area contributed by atoms with Gasteiger partial charge in [-0.05, 0) is 58.5 Å². The van der Waals surface area contributed by atoms with Gasteiger partial charge in [-0.1, -0.05) is 0 Å². The number of aromatic nitrogens is 1. The molecule has 1 aliphatic rings. The summed E-state index contributed by atoms with van der Waals surface area (Å²) in [5, 5.41) is 3.56. The van der Waals surface area contributed by atoms with Gasteiger partial charge in [0.25, 0.3) is 0 Å². The molecule has 1 saturated carbocycles. The molecular weight excluding hydrogens is 248 g/mol. The van der Waals surface area contributed by atoms with Gasteiger partial charge in [0.1, 0.15) is 5.82 Å². The van der Waals surface area contributed by atoms with Crippen molar-refractivity contribution < 1.29 is 0 Å². The van der Waals surface area contributed by atoms with E-state index in [-0.39, 0.29) is 0 Å². The van der Waals surface area contributed by atoms with Gasteiger partial charge in [0.15, 0.2) is 0 Å². The maximum atomic E-state index is 4.56. The van der Waals surface area contributed by atoms with E-state index in [9.17, 15) is 0 Å². The van der Waals surface area contributed by atoms with E-state index in [4.69, 9.17) is 0 Å². The zero-order valence-electron chi connectivity index (χ0n) is 13.3. The van der Waals surface area contributed by atoms with Crippen LogP contribution in [-0.2, 0) is 6.54 Å². The van der Waals surface area contributed by atoms with E-state index in [1.54, 1.807) is 0 Å². The van der Waals surface area contributed by atoms with Crippen LogP contribution in [-0.4, -0.2) is 49.2 Å². The van der Waals surface area contributed by atoms with Crippen LogP contribution in [0.3, 0.4) is 0 Å².